The van der Waals surface area contributed by atoms with Gasteiger partial charge >= 0.3 is 39.5 Å². The molecule has 24 heteroatoms. The minimum atomic E-state index is -8.52. The Morgan fingerprint density at radius 1 is 0.464 bits per heavy atom. The van der Waals surface area contributed by atoms with E-state index in [1.54, 1.807) is 0 Å². The molecule has 1 N–H and O–H groups in total. The summed E-state index contributed by atoms with van der Waals surface area (Å²) in [6.45, 7) is -1.13. The van der Waals surface area contributed by atoms with E-state index >= 15 is 26.3 Å². The molecule has 3 aliphatic rings. The number of rotatable bonds is 14. The maximum atomic E-state index is 16.1. The number of halogens is 14. The summed E-state index contributed by atoms with van der Waals surface area (Å²) in [6.07, 6.45) is 6.86. The number of sulfone groups is 1. The fourth-order valence-corrected chi connectivity index (χ4v) is 12.4. The van der Waals surface area contributed by atoms with Crippen LogP contribution in [0.5, 0.6) is 0 Å². The Kier molecular flexibility index (Phi) is 12.7. The van der Waals surface area contributed by atoms with E-state index in [0.29, 0.717) is 56.9 Å². The smallest absolute Gasteiger partial charge is 0.217 e. The van der Waals surface area contributed by atoms with Crippen LogP contribution in [0.15, 0.2) is 17.0 Å². The molecule has 3 saturated carbocycles. The number of sulfonamides is 2. The van der Waals surface area contributed by atoms with Crippen LogP contribution < -0.4 is 4.13 Å². The highest BCUT2D eigenvalue weighted by molar-refractivity contribution is 8.05. The van der Waals surface area contributed by atoms with Gasteiger partial charge in [0.15, 0.2) is 0 Å². The van der Waals surface area contributed by atoms with Crippen LogP contribution in [-0.2, 0) is 29.9 Å². The van der Waals surface area contributed by atoms with Gasteiger partial charge in [-0.05, 0) is 73.0 Å². The van der Waals surface area contributed by atoms with Gasteiger partial charge in [-0.25, -0.2) is 25.3 Å². The standard InChI is InChI=1S/C32H39F14NO6S3/c1-26(33,34)27(35,36)28(37,38)31(43,44)55(50,51)47-56(52,53)32(45,46)29(39,40)30(41,42)54(48,49)25-23(20-13-7-3-8-14-20)17-22(19-11-5-2-6-12-19)18-24(25)21-15-9-4-10-16-21/h17-21,47H,2-16H2,1H3. The molecule has 1 aromatic carbocycles. The van der Waals surface area contributed by atoms with Crippen molar-refractivity contribution in [2.75, 3.05) is 0 Å². The first-order chi connectivity index (χ1) is 25.2. The second-order valence-electron chi connectivity index (χ2n) is 14.8. The molecule has 0 aromatic heterocycles. The highest BCUT2D eigenvalue weighted by Crippen LogP contribution is 2.57. The molecular formula is C32H39F14NO6S3. The molecule has 0 radical (unpaired) electrons. The van der Waals surface area contributed by atoms with E-state index in [0.717, 1.165) is 19.3 Å². The molecule has 4 rings (SSSR count). The molecule has 3 aliphatic carbocycles. The average Bonchev–Trinajstić information content (AvgIpc) is 3.10. The van der Waals surface area contributed by atoms with Crippen LogP contribution in [0.25, 0.3) is 0 Å². The first-order valence-electron chi connectivity index (χ1n) is 17.6. The van der Waals surface area contributed by atoms with E-state index in [9.17, 15) is 60.4 Å². The number of hydrogen-bond acceptors (Lipinski definition) is 6. The zero-order valence-electron chi connectivity index (χ0n) is 29.5. The lowest BCUT2D eigenvalue weighted by Crippen LogP contribution is -2.67. The van der Waals surface area contributed by atoms with Crippen LogP contribution >= 0.6 is 0 Å². The molecule has 0 aliphatic heterocycles. The van der Waals surface area contributed by atoms with Gasteiger partial charge < -0.3 is 0 Å². The maximum Gasteiger partial charge on any atom is 0.429 e. The van der Waals surface area contributed by atoms with E-state index in [-0.39, 0.29) is 31.6 Å². The van der Waals surface area contributed by atoms with Crippen molar-refractivity contribution in [1.82, 2.24) is 4.13 Å². The lowest BCUT2D eigenvalue weighted by Gasteiger charge is -2.36. The second-order valence-corrected chi connectivity index (χ2v) is 20.4. The largest absolute Gasteiger partial charge is 0.429 e. The molecule has 56 heavy (non-hydrogen) atoms. The number of benzene rings is 1. The van der Waals surface area contributed by atoms with Gasteiger partial charge in [0.2, 0.25) is 0 Å². The van der Waals surface area contributed by atoms with Crippen LogP contribution in [-0.4, -0.2) is 64.7 Å². The van der Waals surface area contributed by atoms with Gasteiger partial charge in [-0.1, -0.05) is 74.0 Å². The van der Waals surface area contributed by atoms with Gasteiger partial charge in [-0.2, -0.15) is 61.5 Å². The number of hydrogen-bond donors (Lipinski definition) is 1. The molecule has 0 unspecified atom stereocenters. The van der Waals surface area contributed by atoms with Crippen LogP contribution in [0, 0.1) is 0 Å². The van der Waals surface area contributed by atoms with Gasteiger partial charge in [-0.15, -0.1) is 0 Å². The fraction of sp³-hybridized carbons (Fsp3) is 0.812. The molecule has 0 bridgehead atoms. The quantitative estimate of drug-likeness (QED) is 0.186. The minimum absolute atomic E-state index is 0.136. The van der Waals surface area contributed by atoms with Crippen molar-refractivity contribution in [1.29, 1.82) is 0 Å². The summed E-state index contributed by atoms with van der Waals surface area (Å²) in [5.41, 5.74) is -0.371. The Morgan fingerprint density at radius 3 is 1.12 bits per heavy atom. The molecule has 0 saturated heterocycles. The molecule has 324 valence electrons. The first kappa shape index (κ1) is 46.7. The summed E-state index contributed by atoms with van der Waals surface area (Å²) in [4.78, 5) is -1.50. The molecule has 7 nitrogen and oxygen atoms in total. The SMILES string of the molecule is CC(F)(F)C(F)(F)C(F)(F)C(F)(F)S(=O)(=O)NS(=O)(=O)C(F)(F)C(F)(F)C(F)(F)S(=O)(=O)c1c(C2CCCCC2)cc(C2CCCCC2)cc1C1CCCCC1. The molecule has 0 heterocycles. The van der Waals surface area contributed by atoms with Crippen molar-refractivity contribution >= 4 is 29.9 Å². The Hall–Kier alpha value is -1.95. The Bertz CT molecular complexity index is 1900. The van der Waals surface area contributed by atoms with Gasteiger partial charge in [0.1, 0.15) is 0 Å². The molecule has 1 aromatic rings. The van der Waals surface area contributed by atoms with Crippen LogP contribution in [0.3, 0.4) is 0 Å². The Morgan fingerprint density at radius 2 is 0.786 bits per heavy atom. The zero-order valence-corrected chi connectivity index (χ0v) is 31.9. The van der Waals surface area contributed by atoms with E-state index in [4.69, 9.17) is 0 Å². The van der Waals surface area contributed by atoms with Gasteiger partial charge in [0.05, 0.1) is 4.90 Å². The molecule has 3 fully saturated rings. The van der Waals surface area contributed by atoms with E-state index in [1.807, 2.05) is 0 Å². The van der Waals surface area contributed by atoms with Crippen molar-refractivity contribution < 1.29 is 86.7 Å². The highest BCUT2D eigenvalue weighted by Gasteiger charge is 2.86. The third-order valence-corrected chi connectivity index (χ3v) is 16.4. The van der Waals surface area contributed by atoms with Gasteiger partial charge in [-0.3, -0.25) is 0 Å². The number of nitrogens with one attached hydrogen (secondary N) is 1. The summed E-state index contributed by atoms with van der Waals surface area (Å²) in [5, 5.41) is -23.0. The Labute approximate surface area is 314 Å². The topological polar surface area (TPSA) is 114 Å². The monoisotopic (exact) mass is 895 g/mol. The van der Waals surface area contributed by atoms with Gasteiger partial charge in [0.25, 0.3) is 29.9 Å². The lowest BCUT2D eigenvalue weighted by atomic mass is 9.76. The van der Waals surface area contributed by atoms with E-state index in [2.05, 4.69) is 0 Å². The van der Waals surface area contributed by atoms with Crippen molar-refractivity contribution in [3.05, 3.63) is 28.8 Å². The van der Waals surface area contributed by atoms with Crippen LogP contribution in [0.4, 0.5) is 61.5 Å². The fourth-order valence-electron chi connectivity index (χ4n) is 7.63. The molecule has 0 spiro atoms. The highest BCUT2D eigenvalue weighted by atomic mass is 32.3. The predicted molar refractivity (Wildman–Crippen MR) is 172 cm³/mol. The van der Waals surface area contributed by atoms with Crippen LogP contribution in [0.1, 0.15) is 138 Å². The maximum absolute atomic E-state index is 16.1. The summed E-state index contributed by atoms with van der Waals surface area (Å²) in [6, 6.07) is 2.45. The Balaban J connectivity index is 1.89. The zero-order chi connectivity index (χ0) is 42.8. The molecule has 0 amide bonds. The normalized spacial score (nSPS) is 20.7. The predicted octanol–water partition coefficient (Wildman–Crippen LogP) is 10.2. The van der Waals surface area contributed by atoms with E-state index in [1.165, 1.54) is 12.1 Å². The van der Waals surface area contributed by atoms with E-state index < -0.39 is 108 Å². The summed E-state index contributed by atoms with van der Waals surface area (Å²) in [5.74, 6) is -31.4. The minimum Gasteiger partial charge on any atom is -0.217 e. The summed E-state index contributed by atoms with van der Waals surface area (Å²) < 4.78 is 279. The summed E-state index contributed by atoms with van der Waals surface area (Å²) in [7, 11) is -24.2. The molecular weight excluding hydrogens is 857 g/mol. The number of alkyl halides is 14. The third-order valence-electron chi connectivity index (χ3n) is 10.9. The second kappa shape index (κ2) is 15.3. The summed E-state index contributed by atoms with van der Waals surface area (Å²) >= 11 is 0. The van der Waals surface area contributed by atoms with Crippen LogP contribution in [0.2, 0.25) is 0 Å². The lowest BCUT2D eigenvalue weighted by molar-refractivity contribution is -0.342. The van der Waals surface area contributed by atoms with Crippen molar-refractivity contribution in [3.63, 3.8) is 0 Å². The third kappa shape index (κ3) is 7.55. The van der Waals surface area contributed by atoms with Gasteiger partial charge in [0, 0.05) is 6.92 Å². The van der Waals surface area contributed by atoms with Crippen molar-refractivity contribution in [2.24, 2.45) is 0 Å². The van der Waals surface area contributed by atoms with Crippen molar-refractivity contribution in [2.45, 2.75) is 165 Å². The molecule has 0 atom stereocenters. The first-order valence-corrected chi connectivity index (χ1v) is 22.0. The average molecular weight is 896 g/mol. The van der Waals surface area contributed by atoms with Crippen molar-refractivity contribution in [3.8, 4) is 0 Å².